The summed E-state index contributed by atoms with van der Waals surface area (Å²) in [6.45, 7) is 19.4. The topological polar surface area (TPSA) is 0 Å². The van der Waals surface area contributed by atoms with Gasteiger partial charge in [-0.05, 0) is 55.4 Å². The van der Waals surface area contributed by atoms with Gasteiger partial charge in [0.1, 0.15) is 0 Å². The molecule has 0 aromatic rings. The van der Waals surface area contributed by atoms with Gasteiger partial charge in [-0.15, -0.1) is 0 Å². The number of halogens is 1. The Bertz CT molecular complexity index is 113. The molecule has 0 rings (SSSR count). The predicted molar refractivity (Wildman–Crippen MR) is 67.5 cm³/mol. The van der Waals surface area contributed by atoms with Crippen molar-refractivity contribution in [3.63, 3.8) is 0 Å². The normalized spacial score (nSPS) is 12.9. The summed E-state index contributed by atoms with van der Waals surface area (Å²) < 4.78 is 0. The average molecular weight is 330 g/mol. The van der Waals surface area contributed by atoms with Gasteiger partial charge in [-0.3, -0.25) is 0 Å². The number of hydrogen-bond acceptors (Lipinski definition) is 0. The largest absolute Gasteiger partial charge is 1.00 e. The summed E-state index contributed by atoms with van der Waals surface area (Å²) in [5, 5.41) is 0. The zero-order chi connectivity index (χ0) is 10.8. The van der Waals surface area contributed by atoms with Crippen molar-refractivity contribution in [2.75, 3.05) is 0 Å². The lowest BCUT2D eigenvalue weighted by molar-refractivity contribution is -0.00000334. The Morgan fingerprint density at radius 1 is 0.500 bits per heavy atom. The summed E-state index contributed by atoms with van der Waals surface area (Å²) in [6, 6.07) is 0. The third-order valence-corrected chi connectivity index (χ3v) is 10.7. The molecule has 0 aliphatic rings. The average Bonchev–Trinajstić information content (AvgIpc) is 1.82. The minimum absolute atomic E-state index is 0. The first kappa shape index (κ1) is 17.6. The van der Waals surface area contributed by atoms with Crippen LogP contribution in [-0.2, 0) is 0 Å². The van der Waals surface area contributed by atoms with E-state index in [1.165, 1.54) is 0 Å². The Morgan fingerprint density at radius 2 is 0.643 bits per heavy atom. The van der Waals surface area contributed by atoms with Gasteiger partial charge in [0.2, 0.25) is 0 Å². The molecule has 0 bridgehead atoms. The fourth-order valence-corrected chi connectivity index (χ4v) is 10.7. The lowest BCUT2D eigenvalue weighted by atomic mass is 10.5. The second-order valence-corrected chi connectivity index (χ2v) is 11.2. The molecule has 0 nitrogen and oxygen atoms in total. The maximum absolute atomic E-state index is 2.42. The molecule has 0 unspecified atom stereocenters. The molecular weight excluding hydrogens is 302 g/mol. The zero-order valence-corrected chi connectivity index (χ0v) is 14.2. The van der Waals surface area contributed by atoms with E-state index >= 15 is 0 Å². The molecule has 0 amide bonds. The van der Waals surface area contributed by atoms with Crippen LogP contribution in [0, 0.1) is 0 Å². The molecule has 0 aliphatic carbocycles. The highest BCUT2D eigenvalue weighted by molar-refractivity contribution is 7.78. The summed E-state index contributed by atoms with van der Waals surface area (Å²) in [7, 11) is -0.784. The van der Waals surface area contributed by atoms with Crippen molar-refractivity contribution in [2.24, 2.45) is 0 Å². The fraction of sp³-hybridized carbons (Fsp3) is 1.00. The Hall–Kier alpha value is 1.16. The summed E-state index contributed by atoms with van der Waals surface area (Å²) in [5.41, 5.74) is 3.53. The molecule has 0 spiro atoms. The maximum Gasteiger partial charge on any atom is 0.0649 e. The second-order valence-electron chi connectivity index (χ2n) is 5.27. The summed E-state index contributed by atoms with van der Waals surface area (Å²) in [4.78, 5) is 0. The van der Waals surface area contributed by atoms with Gasteiger partial charge >= 0.3 is 0 Å². The van der Waals surface area contributed by atoms with Crippen molar-refractivity contribution in [1.29, 1.82) is 0 Å². The zero-order valence-electron chi connectivity index (χ0n) is 11.1. The van der Waals surface area contributed by atoms with Gasteiger partial charge in [0, 0.05) is 7.26 Å². The van der Waals surface area contributed by atoms with Crippen LogP contribution >= 0.6 is 7.26 Å². The predicted octanol–water partition coefficient (Wildman–Crippen LogP) is 1.64. The van der Waals surface area contributed by atoms with Gasteiger partial charge in [-0.1, -0.05) is 0 Å². The van der Waals surface area contributed by atoms with E-state index in [1.807, 2.05) is 0 Å². The third-order valence-electron chi connectivity index (χ3n) is 3.58. The molecule has 0 atom stereocenters. The van der Waals surface area contributed by atoms with E-state index in [0.29, 0.717) is 0 Å². The minimum Gasteiger partial charge on any atom is -1.00 e. The lowest BCUT2D eigenvalue weighted by Gasteiger charge is -2.41. The standard InChI is InChI=1S/C12H28P.HI/c1-9(2)13(10(3)4,11(5)6)12(7)8;/h9-12H,1-8H3;1H/q+1;/p-1. The quantitative estimate of drug-likeness (QED) is 0.543. The highest BCUT2D eigenvalue weighted by Crippen LogP contribution is 2.73. The molecule has 0 aliphatic heterocycles. The second kappa shape index (κ2) is 6.68. The maximum atomic E-state index is 2.42. The van der Waals surface area contributed by atoms with Crippen molar-refractivity contribution >= 4 is 7.26 Å². The first-order valence-electron chi connectivity index (χ1n) is 5.65. The molecule has 0 heterocycles. The Labute approximate surface area is 109 Å². The van der Waals surface area contributed by atoms with Crippen molar-refractivity contribution < 1.29 is 24.0 Å². The van der Waals surface area contributed by atoms with Gasteiger partial charge in [0.05, 0.1) is 22.6 Å². The molecule has 0 saturated heterocycles. The van der Waals surface area contributed by atoms with Gasteiger partial charge in [0.25, 0.3) is 0 Å². The molecule has 0 fully saturated rings. The van der Waals surface area contributed by atoms with Gasteiger partial charge in [0.15, 0.2) is 0 Å². The Balaban J connectivity index is 0. The minimum atomic E-state index is -0.784. The molecule has 2 heteroatoms. The molecule has 88 valence electrons. The molecule has 0 saturated carbocycles. The summed E-state index contributed by atoms with van der Waals surface area (Å²) in [6.07, 6.45) is 0. The monoisotopic (exact) mass is 330 g/mol. The lowest BCUT2D eigenvalue weighted by Crippen LogP contribution is -3.00. The molecule has 0 aromatic heterocycles. The van der Waals surface area contributed by atoms with E-state index in [4.69, 9.17) is 0 Å². The molecule has 0 aromatic carbocycles. The smallest absolute Gasteiger partial charge is 0.0649 e. The van der Waals surface area contributed by atoms with Crippen LogP contribution < -0.4 is 24.0 Å². The molecular formula is C12H28IP. The van der Waals surface area contributed by atoms with Crippen molar-refractivity contribution in [2.45, 2.75) is 78.0 Å². The van der Waals surface area contributed by atoms with E-state index in [2.05, 4.69) is 55.4 Å². The number of hydrogen-bond donors (Lipinski definition) is 0. The van der Waals surface area contributed by atoms with Crippen LogP contribution in [0.2, 0.25) is 0 Å². The van der Waals surface area contributed by atoms with E-state index in [-0.39, 0.29) is 24.0 Å². The highest BCUT2D eigenvalue weighted by Gasteiger charge is 2.49. The van der Waals surface area contributed by atoms with Gasteiger partial charge < -0.3 is 24.0 Å². The number of rotatable bonds is 4. The van der Waals surface area contributed by atoms with Crippen molar-refractivity contribution in [3.05, 3.63) is 0 Å². The van der Waals surface area contributed by atoms with Crippen LogP contribution in [0.1, 0.15) is 55.4 Å². The van der Waals surface area contributed by atoms with Crippen LogP contribution in [0.5, 0.6) is 0 Å². The van der Waals surface area contributed by atoms with Gasteiger partial charge in [-0.2, -0.15) is 0 Å². The van der Waals surface area contributed by atoms with Crippen molar-refractivity contribution in [1.82, 2.24) is 0 Å². The van der Waals surface area contributed by atoms with E-state index in [9.17, 15) is 0 Å². The molecule has 0 radical (unpaired) electrons. The van der Waals surface area contributed by atoms with Crippen LogP contribution in [-0.4, -0.2) is 22.6 Å². The van der Waals surface area contributed by atoms with Crippen LogP contribution in [0.3, 0.4) is 0 Å². The van der Waals surface area contributed by atoms with E-state index in [0.717, 1.165) is 22.6 Å². The first-order valence-corrected chi connectivity index (χ1v) is 7.72. The van der Waals surface area contributed by atoms with Gasteiger partial charge in [-0.25, -0.2) is 0 Å². The van der Waals surface area contributed by atoms with Crippen LogP contribution in [0.4, 0.5) is 0 Å². The summed E-state index contributed by atoms with van der Waals surface area (Å²) >= 11 is 0. The Kier molecular flexibility index (Phi) is 8.37. The van der Waals surface area contributed by atoms with Crippen LogP contribution in [0.15, 0.2) is 0 Å². The van der Waals surface area contributed by atoms with E-state index < -0.39 is 7.26 Å². The molecule has 14 heavy (non-hydrogen) atoms. The molecule has 0 N–H and O–H groups in total. The first-order chi connectivity index (χ1) is 5.77. The highest BCUT2D eigenvalue weighted by atomic mass is 127. The SMILES string of the molecule is CC(C)[P+](C(C)C)(C(C)C)C(C)C.[I-]. The fourth-order valence-electron chi connectivity index (χ4n) is 3.58. The summed E-state index contributed by atoms with van der Waals surface area (Å²) in [5.74, 6) is 0. The third kappa shape index (κ3) is 3.07. The van der Waals surface area contributed by atoms with E-state index in [1.54, 1.807) is 0 Å². The van der Waals surface area contributed by atoms with Crippen molar-refractivity contribution in [3.8, 4) is 0 Å². The van der Waals surface area contributed by atoms with Crippen LogP contribution in [0.25, 0.3) is 0 Å². The Morgan fingerprint density at radius 3 is 0.643 bits per heavy atom.